The van der Waals surface area contributed by atoms with E-state index in [1.807, 2.05) is 18.2 Å². The molecule has 0 radical (unpaired) electrons. The third kappa shape index (κ3) is 2.56. The van der Waals surface area contributed by atoms with Crippen molar-refractivity contribution in [2.45, 2.75) is 13.0 Å². The summed E-state index contributed by atoms with van der Waals surface area (Å²) >= 11 is 3.52. The van der Waals surface area contributed by atoms with Gasteiger partial charge in [-0.05, 0) is 35.0 Å². The molecular formula is C13H16BrN5. The van der Waals surface area contributed by atoms with Crippen molar-refractivity contribution in [2.24, 2.45) is 5.92 Å². The summed E-state index contributed by atoms with van der Waals surface area (Å²) in [6.07, 6.45) is 1.60. The first-order valence-electron chi connectivity index (χ1n) is 6.37. The lowest BCUT2D eigenvalue weighted by Gasteiger charge is -2.15. The van der Waals surface area contributed by atoms with Crippen LogP contribution in [0.25, 0.3) is 10.9 Å². The van der Waals surface area contributed by atoms with Crippen LogP contribution in [0.1, 0.15) is 6.92 Å². The molecule has 0 spiro atoms. The Balaban J connectivity index is 1.83. The first-order valence-corrected chi connectivity index (χ1v) is 7.16. The lowest BCUT2D eigenvalue weighted by molar-refractivity contribution is 0.509. The molecule has 1 fully saturated rings. The number of para-hydroxylation sites is 1. The molecule has 0 bridgehead atoms. The van der Waals surface area contributed by atoms with E-state index in [4.69, 9.17) is 0 Å². The van der Waals surface area contributed by atoms with E-state index in [0.29, 0.717) is 12.0 Å². The molecule has 1 aliphatic heterocycles. The second kappa shape index (κ2) is 5.40. The normalized spacial score (nSPS) is 22.8. The molecule has 3 rings (SSSR count). The van der Waals surface area contributed by atoms with Gasteiger partial charge < -0.3 is 5.32 Å². The Hall–Kier alpha value is -1.24. The highest BCUT2D eigenvalue weighted by Crippen LogP contribution is 2.25. The van der Waals surface area contributed by atoms with Crippen LogP contribution in [-0.2, 0) is 0 Å². The quantitative estimate of drug-likeness (QED) is 0.806. The Labute approximate surface area is 120 Å². The fraction of sp³-hybridized carbons (Fsp3) is 0.385. The molecule has 3 N–H and O–H groups in total. The average molecular weight is 322 g/mol. The third-order valence-corrected chi connectivity index (χ3v) is 4.19. The Morgan fingerprint density at radius 3 is 3.11 bits per heavy atom. The lowest BCUT2D eigenvalue weighted by atomic mass is 10.0. The number of hydrazine groups is 1. The minimum Gasteiger partial charge on any atom is -0.369 e. The average Bonchev–Trinajstić information content (AvgIpc) is 2.82. The number of nitrogens with zero attached hydrogens (tertiary/aromatic N) is 2. The minimum absolute atomic E-state index is 0.465. The van der Waals surface area contributed by atoms with Crippen molar-refractivity contribution in [1.29, 1.82) is 0 Å². The summed E-state index contributed by atoms with van der Waals surface area (Å²) in [7, 11) is 0. The number of fused-ring (bicyclic) bond motifs is 1. The Kier molecular flexibility index (Phi) is 3.63. The molecule has 1 aliphatic rings. The molecule has 0 amide bonds. The molecule has 0 saturated carbocycles. The van der Waals surface area contributed by atoms with Crippen LogP contribution in [0.15, 0.2) is 29.0 Å². The van der Waals surface area contributed by atoms with E-state index in [2.05, 4.69) is 49.0 Å². The van der Waals surface area contributed by atoms with E-state index < -0.39 is 0 Å². The van der Waals surface area contributed by atoms with Crippen molar-refractivity contribution in [2.75, 3.05) is 18.4 Å². The maximum Gasteiger partial charge on any atom is 0.137 e. The molecule has 19 heavy (non-hydrogen) atoms. The summed E-state index contributed by atoms with van der Waals surface area (Å²) in [5.41, 5.74) is 7.34. The van der Waals surface area contributed by atoms with Gasteiger partial charge in [-0.2, -0.15) is 0 Å². The number of anilines is 1. The van der Waals surface area contributed by atoms with Crippen molar-refractivity contribution in [3.8, 4) is 0 Å². The molecule has 1 saturated heterocycles. The smallest absolute Gasteiger partial charge is 0.137 e. The topological polar surface area (TPSA) is 61.9 Å². The van der Waals surface area contributed by atoms with E-state index in [1.165, 1.54) is 0 Å². The maximum absolute atomic E-state index is 4.35. The van der Waals surface area contributed by atoms with Crippen molar-refractivity contribution < 1.29 is 0 Å². The van der Waals surface area contributed by atoms with Gasteiger partial charge in [-0.25, -0.2) is 9.97 Å². The van der Waals surface area contributed by atoms with E-state index in [9.17, 15) is 0 Å². The summed E-state index contributed by atoms with van der Waals surface area (Å²) in [5, 5.41) is 4.48. The van der Waals surface area contributed by atoms with Gasteiger partial charge in [-0.1, -0.05) is 6.07 Å². The summed E-state index contributed by atoms with van der Waals surface area (Å²) in [6.45, 7) is 4.04. The Morgan fingerprint density at radius 1 is 1.42 bits per heavy atom. The van der Waals surface area contributed by atoms with Crippen LogP contribution in [0, 0.1) is 5.92 Å². The van der Waals surface area contributed by atoms with Gasteiger partial charge in [0.05, 0.1) is 5.52 Å². The summed E-state index contributed by atoms with van der Waals surface area (Å²) < 4.78 is 0.994. The molecular weight excluding hydrogens is 306 g/mol. The predicted octanol–water partition coefficient (Wildman–Crippen LogP) is 1.92. The molecule has 2 aromatic rings. The van der Waals surface area contributed by atoms with Crippen LogP contribution in [0.3, 0.4) is 0 Å². The highest BCUT2D eigenvalue weighted by atomic mass is 79.9. The van der Waals surface area contributed by atoms with Gasteiger partial charge in [0.15, 0.2) is 0 Å². The number of hydrogen-bond donors (Lipinski definition) is 3. The second-order valence-electron chi connectivity index (χ2n) is 4.81. The molecule has 1 aromatic carbocycles. The number of nitrogens with one attached hydrogen (secondary N) is 3. The Bertz CT molecular complexity index is 588. The van der Waals surface area contributed by atoms with Crippen LogP contribution in [0.5, 0.6) is 0 Å². The van der Waals surface area contributed by atoms with Gasteiger partial charge in [-0.15, -0.1) is 0 Å². The summed E-state index contributed by atoms with van der Waals surface area (Å²) in [5.74, 6) is 1.45. The number of rotatable bonds is 3. The first kappa shape index (κ1) is 12.8. The van der Waals surface area contributed by atoms with Gasteiger partial charge in [0.2, 0.25) is 0 Å². The zero-order chi connectivity index (χ0) is 13.2. The van der Waals surface area contributed by atoms with Gasteiger partial charge in [0.25, 0.3) is 0 Å². The SMILES string of the molecule is CC1NNCC1CNc1ncnc2c(Br)cccc12. The molecule has 0 aliphatic carbocycles. The number of hydrogen-bond acceptors (Lipinski definition) is 5. The molecule has 2 unspecified atom stereocenters. The van der Waals surface area contributed by atoms with Gasteiger partial charge in [0, 0.05) is 34.9 Å². The van der Waals surface area contributed by atoms with E-state index >= 15 is 0 Å². The molecule has 1 aromatic heterocycles. The van der Waals surface area contributed by atoms with Gasteiger partial charge >= 0.3 is 0 Å². The van der Waals surface area contributed by atoms with Gasteiger partial charge in [-0.3, -0.25) is 10.9 Å². The zero-order valence-electron chi connectivity index (χ0n) is 10.7. The third-order valence-electron chi connectivity index (χ3n) is 3.55. The fourth-order valence-electron chi connectivity index (χ4n) is 2.31. The van der Waals surface area contributed by atoms with Crippen LogP contribution in [0.4, 0.5) is 5.82 Å². The second-order valence-corrected chi connectivity index (χ2v) is 5.67. The van der Waals surface area contributed by atoms with Crippen LogP contribution >= 0.6 is 15.9 Å². The van der Waals surface area contributed by atoms with Crippen molar-refractivity contribution in [3.05, 3.63) is 29.0 Å². The number of aromatic nitrogens is 2. The first-order chi connectivity index (χ1) is 9.25. The van der Waals surface area contributed by atoms with Crippen molar-refractivity contribution in [3.63, 3.8) is 0 Å². The maximum atomic E-state index is 4.35. The van der Waals surface area contributed by atoms with Gasteiger partial charge in [0.1, 0.15) is 12.1 Å². The highest BCUT2D eigenvalue weighted by molar-refractivity contribution is 9.10. The highest BCUT2D eigenvalue weighted by Gasteiger charge is 2.22. The van der Waals surface area contributed by atoms with E-state index in [1.54, 1.807) is 6.33 Å². The molecule has 2 atom stereocenters. The van der Waals surface area contributed by atoms with E-state index in [-0.39, 0.29) is 0 Å². The zero-order valence-corrected chi connectivity index (χ0v) is 12.2. The van der Waals surface area contributed by atoms with Crippen molar-refractivity contribution in [1.82, 2.24) is 20.8 Å². The molecule has 2 heterocycles. The van der Waals surface area contributed by atoms with E-state index in [0.717, 1.165) is 34.3 Å². The van der Waals surface area contributed by atoms with Crippen LogP contribution in [0.2, 0.25) is 0 Å². The Morgan fingerprint density at radius 2 is 2.32 bits per heavy atom. The molecule has 100 valence electrons. The number of benzene rings is 1. The fourth-order valence-corrected chi connectivity index (χ4v) is 2.78. The number of halogens is 1. The summed E-state index contributed by atoms with van der Waals surface area (Å²) in [6, 6.07) is 6.50. The largest absolute Gasteiger partial charge is 0.369 e. The predicted molar refractivity (Wildman–Crippen MR) is 79.8 cm³/mol. The van der Waals surface area contributed by atoms with Crippen LogP contribution in [-0.4, -0.2) is 29.1 Å². The van der Waals surface area contributed by atoms with Crippen LogP contribution < -0.4 is 16.2 Å². The summed E-state index contributed by atoms with van der Waals surface area (Å²) in [4.78, 5) is 8.66. The monoisotopic (exact) mass is 321 g/mol. The minimum atomic E-state index is 0.465. The lowest BCUT2D eigenvalue weighted by Crippen LogP contribution is -2.30. The molecule has 6 heteroatoms. The standard InChI is InChI=1S/C13H16BrN5/c1-8-9(6-18-19-8)5-15-13-10-3-2-4-11(14)12(10)16-7-17-13/h2-4,7-9,18-19H,5-6H2,1H3,(H,15,16,17). The van der Waals surface area contributed by atoms with Crippen molar-refractivity contribution >= 4 is 32.7 Å². The molecule has 5 nitrogen and oxygen atoms in total.